The zero-order valence-corrected chi connectivity index (χ0v) is 6.19. The van der Waals surface area contributed by atoms with Gasteiger partial charge in [-0.1, -0.05) is 6.92 Å². The van der Waals surface area contributed by atoms with E-state index in [2.05, 4.69) is 5.32 Å². The number of hydrogen-bond acceptors (Lipinski definition) is 2. The standard InChI is InChI=1S/C6H13F2NO/c1-3-9-4-6(2,10)5(7)8/h5,9-10H,3-4H2,1-2H3. The molecule has 0 heterocycles. The molecule has 0 saturated carbocycles. The lowest BCUT2D eigenvalue weighted by Gasteiger charge is -2.21. The van der Waals surface area contributed by atoms with Crippen LogP contribution in [0.1, 0.15) is 13.8 Å². The van der Waals surface area contributed by atoms with Crippen molar-refractivity contribution in [2.75, 3.05) is 13.1 Å². The number of hydrogen-bond donors (Lipinski definition) is 2. The van der Waals surface area contributed by atoms with Crippen LogP contribution in [-0.4, -0.2) is 30.2 Å². The first-order chi connectivity index (χ1) is 4.50. The molecule has 0 aliphatic carbocycles. The summed E-state index contributed by atoms with van der Waals surface area (Å²) in [7, 11) is 0. The number of halogens is 2. The number of likely N-dealkylation sites (N-methyl/N-ethyl adjacent to an activating group) is 1. The Morgan fingerprint density at radius 2 is 2.10 bits per heavy atom. The molecule has 2 nitrogen and oxygen atoms in total. The Bertz CT molecular complexity index is 95.7. The average Bonchev–Trinajstić information content (AvgIpc) is 1.84. The fraction of sp³-hybridized carbons (Fsp3) is 1.00. The second kappa shape index (κ2) is 3.83. The molecular weight excluding hydrogens is 140 g/mol. The monoisotopic (exact) mass is 153 g/mol. The van der Waals surface area contributed by atoms with E-state index in [9.17, 15) is 8.78 Å². The minimum Gasteiger partial charge on any atom is -0.383 e. The van der Waals surface area contributed by atoms with Gasteiger partial charge in [-0.3, -0.25) is 0 Å². The molecule has 0 aromatic carbocycles. The Morgan fingerprint density at radius 3 is 2.40 bits per heavy atom. The van der Waals surface area contributed by atoms with E-state index in [1.54, 1.807) is 6.92 Å². The van der Waals surface area contributed by atoms with Crippen molar-refractivity contribution in [3.63, 3.8) is 0 Å². The minimum atomic E-state index is -2.69. The van der Waals surface area contributed by atoms with Gasteiger partial charge in [0.15, 0.2) is 0 Å². The fourth-order valence-electron chi connectivity index (χ4n) is 0.455. The zero-order chi connectivity index (χ0) is 8.20. The summed E-state index contributed by atoms with van der Waals surface area (Å²) in [6.45, 7) is 3.42. The topological polar surface area (TPSA) is 32.3 Å². The minimum absolute atomic E-state index is 0.0683. The maximum atomic E-state index is 11.8. The first-order valence-electron chi connectivity index (χ1n) is 3.22. The highest BCUT2D eigenvalue weighted by molar-refractivity contribution is 4.77. The summed E-state index contributed by atoms with van der Waals surface area (Å²) >= 11 is 0. The number of aliphatic hydroxyl groups is 1. The van der Waals surface area contributed by atoms with Crippen molar-refractivity contribution in [3.8, 4) is 0 Å². The normalized spacial score (nSPS) is 17.4. The third-order valence-corrected chi connectivity index (χ3v) is 1.20. The van der Waals surface area contributed by atoms with Crippen LogP contribution in [0.5, 0.6) is 0 Å². The highest BCUT2D eigenvalue weighted by atomic mass is 19.3. The van der Waals surface area contributed by atoms with Crippen molar-refractivity contribution < 1.29 is 13.9 Å². The molecule has 1 atom stereocenters. The second-order valence-corrected chi connectivity index (χ2v) is 2.44. The van der Waals surface area contributed by atoms with Gasteiger partial charge in [0.1, 0.15) is 5.60 Å². The van der Waals surface area contributed by atoms with Crippen LogP contribution in [0.3, 0.4) is 0 Å². The Morgan fingerprint density at radius 1 is 1.60 bits per heavy atom. The summed E-state index contributed by atoms with van der Waals surface area (Å²) in [6, 6.07) is 0. The SMILES string of the molecule is CCNCC(C)(O)C(F)F. The van der Waals surface area contributed by atoms with Crippen molar-refractivity contribution in [2.24, 2.45) is 0 Å². The Labute approximate surface area is 59.2 Å². The summed E-state index contributed by atoms with van der Waals surface area (Å²) in [5.74, 6) is 0. The number of nitrogens with one attached hydrogen (secondary N) is 1. The van der Waals surface area contributed by atoms with Gasteiger partial charge in [-0.25, -0.2) is 8.78 Å². The fourth-order valence-corrected chi connectivity index (χ4v) is 0.455. The van der Waals surface area contributed by atoms with E-state index in [1.807, 2.05) is 0 Å². The van der Waals surface area contributed by atoms with Crippen LogP contribution >= 0.6 is 0 Å². The summed E-state index contributed by atoms with van der Waals surface area (Å²) in [5, 5.41) is 11.6. The molecular formula is C6H13F2NO. The van der Waals surface area contributed by atoms with Crippen LogP contribution in [0.2, 0.25) is 0 Å². The Hall–Kier alpha value is -0.220. The predicted molar refractivity (Wildman–Crippen MR) is 35.2 cm³/mol. The molecule has 0 aromatic heterocycles. The van der Waals surface area contributed by atoms with Gasteiger partial charge in [-0.2, -0.15) is 0 Å². The van der Waals surface area contributed by atoms with Crippen molar-refractivity contribution in [1.82, 2.24) is 5.32 Å². The molecule has 0 amide bonds. The molecule has 4 heteroatoms. The molecule has 0 aromatic rings. The van der Waals surface area contributed by atoms with Crippen LogP contribution in [0.25, 0.3) is 0 Å². The van der Waals surface area contributed by atoms with Crippen LogP contribution in [-0.2, 0) is 0 Å². The second-order valence-electron chi connectivity index (χ2n) is 2.44. The first-order valence-corrected chi connectivity index (χ1v) is 3.22. The van der Waals surface area contributed by atoms with Gasteiger partial charge < -0.3 is 10.4 Å². The van der Waals surface area contributed by atoms with Gasteiger partial charge in [-0.15, -0.1) is 0 Å². The van der Waals surface area contributed by atoms with Gasteiger partial charge in [0.25, 0.3) is 6.43 Å². The maximum Gasteiger partial charge on any atom is 0.267 e. The van der Waals surface area contributed by atoms with Crippen LogP contribution in [0.15, 0.2) is 0 Å². The molecule has 0 aliphatic heterocycles. The van der Waals surface area contributed by atoms with Crippen molar-refractivity contribution >= 4 is 0 Å². The molecule has 0 rings (SSSR count). The number of alkyl halides is 2. The van der Waals surface area contributed by atoms with Gasteiger partial charge in [0.2, 0.25) is 0 Å². The van der Waals surface area contributed by atoms with Crippen molar-refractivity contribution in [3.05, 3.63) is 0 Å². The highest BCUT2D eigenvalue weighted by Gasteiger charge is 2.31. The summed E-state index contributed by atoms with van der Waals surface area (Å²) in [4.78, 5) is 0. The van der Waals surface area contributed by atoms with E-state index >= 15 is 0 Å². The van der Waals surface area contributed by atoms with Gasteiger partial charge >= 0.3 is 0 Å². The van der Waals surface area contributed by atoms with E-state index < -0.39 is 12.0 Å². The molecule has 10 heavy (non-hydrogen) atoms. The molecule has 62 valence electrons. The molecule has 0 saturated heterocycles. The average molecular weight is 153 g/mol. The lowest BCUT2D eigenvalue weighted by molar-refractivity contribution is -0.0804. The van der Waals surface area contributed by atoms with Crippen LogP contribution < -0.4 is 5.32 Å². The lowest BCUT2D eigenvalue weighted by atomic mass is 10.1. The lowest BCUT2D eigenvalue weighted by Crippen LogP contribution is -2.43. The maximum absolute atomic E-state index is 11.8. The van der Waals surface area contributed by atoms with E-state index in [0.717, 1.165) is 6.92 Å². The molecule has 0 aliphatic rings. The van der Waals surface area contributed by atoms with Crippen molar-refractivity contribution in [1.29, 1.82) is 0 Å². The zero-order valence-electron chi connectivity index (χ0n) is 6.19. The quantitative estimate of drug-likeness (QED) is 0.620. The van der Waals surface area contributed by atoms with E-state index in [1.165, 1.54) is 0 Å². The van der Waals surface area contributed by atoms with Crippen molar-refractivity contribution in [2.45, 2.75) is 25.9 Å². The predicted octanol–water partition coefficient (Wildman–Crippen LogP) is 0.612. The molecule has 0 spiro atoms. The summed E-state index contributed by atoms with van der Waals surface area (Å²) in [5.41, 5.74) is -1.89. The Kier molecular flexibility index (Phi) is 3.75. The smallest absolute Gasteiger partial charge is 0.267 e. The van der Waals surface area contributed by atoms with E-state index in [4.69, 9.17) is 5.11 Å². The van der Waals surface area contributed by atoms with Gasteiger partial charge in [-0.05, 0) is 13.5 Å². The van der Waals surface area contributed by atoms with Crippen LogP contribution in [0.4, 0.5) is 8.78 Å². The largest absolute Gasteiger partial charge is 0.383 e. The number of rotatable bonds is 4. The van der Waals surface area contributed by atoms with Crippen LogP contribution in [0, 0.1) is 0 Å². The van der Waals surface area contributed by atoms with Gasteiger partial charge in [0.05, 0.1) is 0 Å². The highest BCUT2D eigenvalue weighted by Crippen LogP contribution is 2.12. The molecule has 0 radical (unpaired) electrons. The third kappa shape index (κ3) is 3.08. The molecule has 1 unspecified atom stereocenters. The van der Waals surface area contributed by atoms with Gasteiger partial charge in [0, 0.05) is 6.54 Å². The molecule has 0 bridgehead atoms. The third-order valence-electron chi connectivity index (χ3n) is 1.20. The van der Waals surface area contributed by atoms with E-state index in [0.29, 0.717) is 6.54 Å². The first kappa shape index (κ1) is 9.78. The molecule has 2 N–H and O–H groups in total. The van der Waals surface area contributed by atoms with E-state index in [-0.39, 0.29) is 6.54 Å². The summed E-state index contributed by atoms with van der Waals surface area (Å²) in [6.07, 6.45) is -2.69. The Balaban J connectivity index is 3.63. The molecule has 0 fully saturated rings. The summed E-state index contributed by atoms with van der Waals surface area (Å²) < 4.78 is 23.7.